The molecule has 1 amide bonds. The topological polar surface area (TPSA) is 67.2 Å². The first-order chi connectivity index (χ1) is 15.6. The van der Waals surface area contributed by atoms with Crippen LogP contribution < -0.4 is 16.0 Å². The summed E-state index contributed by atoms with van der Waals surface area (Å²) in [6.45, 7) is 7.75. The van der Waals surface area contributed by atoms with Crippen molar-refractivity contribution in [2.45, 2.75) is 102 Å². The fourth-order valence-electron chi connectivity index (χ4n) is 5.23. The van der Waals surface area contributed by atoms with Crippen molar-refractivity contribution in [1.29, 1.82) is 0 Å². The summed E-state index contributed by atoms with van der Waals surface area (Å²) in [6.07, 6.45) is 21.9. The lowest BCUT2D eigenvalue weighted by Gasteiger charge is -2.23. The molecule has 32 heavy (non-hydrogen) atoms. The van der Waals surface area contributed by atoms with Crippen LogP contribution in [0.25, 0.3) is 12.2 Å². The van der Waals surface area contributed by atoms with E-state index in [1.165, 1.54) is 19.3 Å². The van der Waals surface area contributed by atoms with Gasteiger partial charge in [-0.1, -0.05) is 76.7 Å². The van der Waals surface area contributed by atoms with Crippen molar-refractivity contribution in [3.8, 4) is 0 Å². The number of anilines is 1. The molecule has 176 valence electrons. The van der Waals surface area contributed by atoms with Gasteiger partial charge in [-0.2, -0.15) is 0 Å². The van der Waals surface area contributed by atoms with Crippen molar-refractivity contribution >= 4 is 24.0 Å². The molecule has 1 aromatic heterocycles. The zero-order chi connectivity index (χ0) is 22.8. The third kappa shape index (κ3) is 6.68. The molecule has 2 aliphatic rings. The molecule has 1 heterocycles. The number of rotatable bonds is 5. The van der Waals surface area contributed by atoms with Crippen LogP contribution in [0.15, 0.2) is 25.3 Å². The highest BCUT2D eigenvalue weighted by molar-refractivity contribution is 5.91. The first-order valence-electron chi connectivity index (χ1n) is 12.7. The van der Waals surface area contributed by atoms with E-state index in [2.05, 4.69) is 23.0 Å². The summed E-state index contributed by atoms with van der Waals surface area (Å²) in [7, 11) is 0. The normalized spacial score (nSPS) is 25.2. The summed E-state index contributed by atoms with van der Waals surface area (Å²) in [5.41, 5.74) is 0. The number of aliphatic hydroxyl groups excluding tert-OH is 1. The molecule has 0 spiro atoms. The summed E-state index contributed by atoms with van der Waals surface area (Å²) in [5.74, 6) is 0.773. The standard InChI is InChI=1S/C27H41N3O2/c1-3-13-24-25(14-4-2)30(22-17-11-8-12-18-23(31)20-19-22)27(28-24)29-26(32)21-15-9-6-5-7-10-16-21/h3-4,13-14,21-23,31H,1-2,5-12,15-20H2,(H,28,29,32)/b24-13+,25-14+. The van der Waals surface area contributed by atoms with Crippen molar-refractivity contribution in [3.05, 3.63) is 36.0 Å². The summed E-state index contributed by atoms with van der Waals surface area (Å²) >= 11 is 0. The van der Waals surface area contributed by atoms with E-state index >= 15 is 0 Å². The Balaban J connectivity index is 1.96. The first-order valence-corrected chi connectivity index (χ1v) is 12.7. The van der Waals surface area contributed by atoms with Crippen LogP contribution in [0.2, 0.25) is 0 Å². The lowest BCUT2D eigenvalue weighted by molar-refractivity contribution is -0.120. The van der Waals surface area contributed by atoms with Crippen LogP contribution in [0.5, 0.6) is 0 Å². The smallest absolute Gasteiger partial charge is 0.229 e. The van der Waals surface area contributed by atoms with Gasteiger partial charge >= 0.3 is 0 Å². The van der Waals surface area contributed by atoms with Crippen LogP contribution in [0, 0.1) is 5.92 Å². The van der Waals surface area contributed by atoms with Gasteiger partial charge in [0.25, 0.3) is 0 Å². The summed E-state index contributed by atoms with van der Waals surface area (Å²) in [6, 6.07) is 0.182. The highest BCUT2D eigenvalue weighted by Crippen LogP contribution is 2.28. The van der Waals surface area contributed by atoms with Gasteiger partial charge in [0.2, 0.25) is 11.9 Å². The molecule has 0 aliphatic heterocycles. The molecule has 2 N–H and O–H groups in total. The second-order valence-electron chi connectivity index (χ2n) is 9.43. The quantitative estimate of drug-likeness (QED) is 0.695. The Morgan fingerprint density at radius 2 is 1.50 bits per heavy atom. The molecule has 2 fully saturated rings. The van der Waals surface area contributed by atoms with E-state index in [1.807, 2.05) is 12.2 Å². The van der Waals surface area contributed by atoms with Crippen LogP contribution in [-0.2, 0) is 4.79 Å². The van der Waals surface area contributed by atoms with Gasteiger partial charge in [0.15, 0.2) is 0 Å². The summed E-state index contributed by atoms with van der Waals surface area (Å²) in [5, 5.41) is 15.3. The number of imidazole rings is 1. The fraction of sp³-hybridized carbons (Fsp3) is 0.630. The second kappa shape index (κ2) is 12.8. The van der Waals surface area contributed by atoms with Gasteiger partial charge in [-0.15, -0.1) is 0 Å². The maximum Gasteiger partial charge on any atom is 0.229 e. The van der Waals surface area contributed by atoms with Crippen LogP contribution in [-0.4, -0.2) is 26.7 Å². The van der Waals surface area contributed by atoms with Gasteiger partial charge in [0.05, 0.1) is 16.8 Å². The van der Waals surface area contributed by atoms with E-state index < -0.39 is 0 Å². The number of aliphatic hydroxyl groups is 1. The van der Waals surface area contributed by atoms with E-state index in [4.69, 9.17) is 4.98 Å². The Labute approximate surface area is 193 Å². The molecule has 5 nitrogen and oxygen atoms in total. The summed E-state index contributed by atoms with van der Waals surface area (Å²) in [4.78, 5) is 18.1. The van der Waals surface area contributed by atoms with Crippen LogP contribution >= 0.6 is 0 Å². The number of amides is 1. The number of nitrogens with one attached hydrogen (secondary N) is 1. The van der Waals surface area contributed by atoms with Gasteiger partial charge in [0, 0.05) is 12.0 Å². The van der Waals surface area contributed by atoms with Crippen molar-refractivity contribution in [1.82, 2.24) is 9.55 Å². The van der Waals surface area contributed by atoms with Gasteiger partial charge in [-0.3, -0.25) is 10.1 Å². The molecule has 2 saturated carbocycles. The predicted octanol–water partition coefficient (Wildman–Crippen LogP) is 4.76. The Morgan fingerprint density at radius 3 is 2.22 bits per heavy atom. The van der Waals surface area contributed by atoms with Crippen molar-refractivity contribution in [3.63, 3.8) is 0 Å². The van der Waals surface area contributed by atoms with Gasteiger partial charge in [0.1, 0.15) is 0 Å². The number of carbonyl (C=O) groups excluding carboxylic acids is 1. The van der Waals surface area contributed by atoms with E-state index in [0.29, 0.717) is 5.95 Å². The minimum Gasteiger partial charge on any atom is -0.393 e. The molecule has 2 unspecified atom stereocenters. The first kappa shape index (κ1) is 24.5. The zero-order valence-electron chi connectivity index (χ0n) is 19.6. The number of hydrogen-bond donors (Lipinski definition) is 2. The largest absolute Gasteiger partial charge is 0.393 e. The maximum atomic E-state index is 13.3. The van der Waals surface area contributed by atoms with E-state index in [1.54, 1.807) is 12.2 Å². The molecule has 2 atom stereocenters. The Morgan fingerprint density at radius 1 is 0.875 bits per heavy atom. The minimum absolute atomic E-state index is 0.0569. The monoisotopic (exact) mass is 439 g/mol. The zero-order valence-corrected chi connectivity index (χ0v) is 19.6. The van der Waals surface area contributed by atoms with E-state index in [-0.39, 0.29) is 24.0 Å². The molecule has 1 aromatic rings. The van der Waals surface area contributed by atoms with E-state index in [0.717, 1.165) is 81.3 Å². The average molecular weight is 440 g/mol. The second-order valence-corrected chi connectivity index (χ2v) is 9.43. The van der Waals surface area contributed by atoms with Crippen LogP contribution in [0.1, 0.15) is 95.9 Å². The van der Waals surface area contributed by atoms with Crippen molar-refractivity contribution in [2.75, 3.05) is 5.32 Å². The van der Waals surface area contributed by atoms with Gasteiger partial charge in [-0.05, 0) is 50.7 Å². The number of nitrogens with zero attached hydrogens (tertiary/aromatic N) is 2. The third-order valence-electron chi connectivity index (χ3n) is 7.01. The molecule has 0 saturated heterocycles. The number of hydrogen-bond acceptors (Lipinski definition) is 3. The van der Waals surface area contributed by atoms with E-state index in [9.17, 15) is 9.90 Å². The molecular weight excluding hydrogens is 398 g/mol. The molecule has 0 radical (unpaired) electrons. The molecule has 0 aromatic carbocycles. The Hall–Kier alpha value is -2.14. The van der Waals surface area contributed by atoms with Crippen LogP contribution in [0.4, 0.5) is 5.95 Å². The molecule has 3 rings (SSSR count). The predicted molar refractivity (Wildman–Crippen MR) is 133 cm³/mol. The van der Waals surface area contributed by atoms with Crippen LogP contribution in [0.3, 0.4) is 0 Å². The third-order valence-corrected chi connectivity index (χ3v) is 7.01. The van der Waals surface area contributed by atoms with Gasteiger partial charge < -0.3 is 9.67 Å². The summed E-state index contributed by atoms with van der Waals surface area (Å²) < 4.78 is 2.19. The molecule has 0 bridgehead atoms. The number of carbonyl (C=O) groups is 1. The lowest BCUT2D eigenvalue weighted by Crippen LogP contribution is -2.33. The number of aromatic nitrogens is 2. The molecule has 2 aliphatic carbocycles. The Kier molecular flexibility index (Phi) is 9.79. The Bertz CT molecular complexity index is 877. The average Bonchev–Trinajstić information content (AvgIpc) is 3.11. The highest BCUT2D eigenvalue weighted by atomic mass is 16.3. The number of allylic oxidation sites excluding steroid dienone is 2. The fourth-order valence-corrected chi connectivity index (χ4v) is 5.23. The lowest BCUT2D eigenvalue weighted by atomic mass is 9.90. The SMILES string of the molecule is C=C/C=c1/nc(NC(=O)C2CCCCCCC2)n(C2CCCCCC(O)CC2)/c1=C/C=C. The van der Waals surface area contributed by atoms with Gasteiger partial charge in [-0.25, -0.2) is 4.98 Å². The van der Waals surface area contributed by atoms with Crippen molar-refractivity contribution in [2.24, 2.45) is 5.92 Å². The highest BCUT2D eigenvalue weighted by Gasteiger charge is 2.24. The molecule has 5 heteroatoms. The molecular formula is C27H41N3O2. The minimum atomic E-state index is -0.252. The van der Waals surface area contributed by atoms with Crippen molar-refractivity contribution < 1.29 is 9.90 Å². The maximum absolute atomic E-state index is 13.3.